The molecule has 0 aromatic heterocycles. The molecule has 0 aliphatic rings. The van der Waals surface area contributed by atoms with Crippen molar-refractivity contribution in [2.75, 3.05) is 5.32 Å². The van der Waals surface area contributed by atoms with Crippen molar-refractivity contribution in [3.63, 3.8) is 0 Å². The largest absolute Gasteiger partial charge is 0.325 e. The van der Waals surface area contributed by atoms with Crippen LogP contribution in [0.2, 0.25) is 0 Å². The molecule has 1 aromatic carbocycles. The lowest BCUT2D eigenvalue weighted by molar-refractivity contribution is -0.115. The van der Waals surface area contributed by atoms with Gasteiger partial charge in [-0.05, 0) is 18.2 Å². The van der Waals surface area contributed by atoms with E-state index in [-0.39, 0.29) is 12.3 Å². The van der Waals surface area contributed by atoms with Crippen LogP contribution in [-0.4, -0.2) is 5.91 Å². The van der Waals surface area contributed by atoms with E-state index in [1.54, 1.807) is 30.3 Å². The van der Waals surface area contributed by atoms with E-state index in [4.69, 9.17) is 11.7 Å². The van der Waals surface area contributed by atoms with Crippen molar-refractivity contribution >= 4 is 11.6 Å². The van der Waals surface area contributed by atoms with Gasteiger partial charge < -0.3 is 5.32 Å². The lowest BCUT2D eigenvalue weighted by Gasteiger charge is -2.02. The topological polar surface area (TPSA) is 52.9 Å². The Balaban J connectivity index is 2.74. The van der Waals surface area contributed by atoms with Crippen molar-refractivity contribution in [1.29, 1.82) is 5.26 Å². The number of amides is 1. The maximum absolute atomic E-state index is 11.0. The van der Waals surface area contributed by atoms with Crippen LogP contribution in [0.15, 0.2) is 24.3 Å². The number of hydrogen-bond donors (Lipinski definition) is 1. The molecule has 1 aromatic rings. The van der Waals surface area contributed by atoms with Gasteiger partial charge in [0.2, 0.25) is 5.91 Å². The van der Waals surface area contributed by atoms with Crippen LogP contribution < -0.4 is 5.32 Å². The fourth-order valence-electron chi connectivity index (χ4n) is 0.964. The number of nitriles is 1. The fraction of sp³-hybridized carbons (Fsp3) is 0.0909. The van der Waals surface area contributed by atoms with E-state index in [0.29, 0.717) is 11.3 Å². The van der Waals surface area contributed by atoms with E-state index in [9.17, 15) is 4.79 Å². The standard InChI is InChI=1S/C11H8N2O/c1-2-9-4-3-5-10(8-9)13-11(14)6-7-12/h1,3-5,8H,6H2,(H,13,14). The number of hydrogen-bond acceptors (Lipinski definition) is 2. The van der Waals surface area contributed by atoms with Crippen LogP contribution in [0.25, 0.3) is 0 Å². The molecule has 0 atom stereocenters. The first-order valence-electron chi connectivity index (χ1n) is 3.99. The van der Waals surface area contributed by atoms with Crippen LogP contribution in [0.4, 0.5) is 5.69 Å². The third kappa shape index (κ3) is 2.66. The van der Waals surface area contributed by atoms with Gasteiger partial charge in [0.05, 0.1) is 6.07 Å². The molecular weight excluding hydrogens is 176 g/mol. The SMILES string of the molecule is C#Cc1cccc(NC(=O)CC#N)c1. The van der Waals surface area contributed by atoms with E-state index in [1.807, 2.05) is 0 Å². The molecule has 0 radical (unpaired) electrons. The molecule has 0 saturated heterocycles. The highest BCUT2D eigenvalue weighted by Crippen LogP contribution is 2.09. The lowest BCUT2D eigenvalue weighted by Crippen LogP contribution is -2.09. The first kappa shape index (κ1) is 9.83. The van der Waals surface area contributed by atoms with Crippen molar-refractivity contribution in [2.24, 2.45) is 0 Å². The zero-order valence-corrected chi connectivity index (χ0v) is 7.45. The molecule has 0 fully saturated rings. The summed E-state index contributed by atoms with van der Waals surface area (Å²) in [5.74, 6) is 2.12. The van der Waals surface area contributed by atoms with Gasteiger partial charge in [-0.3, -0.25) is 4.79 Å². The Hall–Kier alpha value is -2.26. The van der Waals surface area contributed by atoms with Crippen molar-refractivity contribution in [3.05, 3.63) is 29.8 Å². The minimum absolute atomic E-state index is 0.152. The smallest absolute Gasteiger partial charge is 0.238 e. The lowest BCUT2D eigenvalue weighted by atomic mass is 10.2. The van der Waals surface area contributed by atoms with Gasteiger partial charge in [0.15, 0.2) is 0 Å². The molecule has 0 heterocycles. The summed E-state index contributed by atoms with van der Waals surface area (Å²) in [5, 5.41) is 10.8. The molecule has 0 aliphatic carbocycles. The Morgan fingerprint density at radius 3 is 3.00 bits per heavy atom. The molecule has 1 rings (SSSR count). The molecule has 0 unspecified atom stereocenters. The molecule has 3 heteroatoms. The number of anilines is 1. The third-order valence-electron chi connectivity index (χ3n) is 1.55. The maximum Gasteiger partial charge on any atom is 0.238 e. The highest BCUT2D eigenvalue weighted by molar-refractivity contribution is 5.92. The number of nitrogens with one attached hydrogen (secondary N) is 1. The molecule has 3 nitrogen and oxygen atoms in total. The van der Waals surface area contributed by atoms with Crippen molar-refractivity contribution in [3.8, 4) is 18.4 Å². The number of carbonyl (C=O) groups excluding carboxylic acids is 1. The molecule has 68 valence electrons. The van der Waals surface area contributed by atoms with E-state index >= 15 is 0 Å². The van der Waals surface area contributed by atoms with Gasteiger partial charge in [-0.1, -0.05) is 12.0 Å². The quantitative estimate of drug-likeness (QED) is 0.708. The molecule has 0 spiro atoms. The van der Waals surface area contributed by atoms with Crippen LogP contribution in [-0.2, 0) is 4.79 Å². The first-order valence-corrected chi connectivity index (χ1v) is 3.99. The minimum atomic E-state index is -0.332. The number of carbonyl (C=O) groups is 1. The summed E-state index contributed by atoms with van der Waals surface area (Å²) in [4.78, 5) is 11.0. The zero-order valence-electron chi connectivity index (χ0n) is 7.45. The summed E-state index contributed by atoms with van der Waals surface area (Å²) in [5.41, 5.74) is 1.31. The van der Waals surface area contributed by atoms with Gasteiger partial charge in [0, 0.05) is 11.3 Å². The van der Waals surface area contributed by atoms with Gasteiger partial charge in [0.1, 0.15) is 6.42 Å². The normalized spacial score (nSPS) is 8.43. The van der Waals surface area contributed by atoms with Gasteiger partial charge >= 0.3 is 0 Å². The van der Waals surface area contributed by atoms with Crippen LogP contribution in [0, 0.1) is 23.7 Å². The fourth-order valence-corrected chi connectivity index (χ4v) is 0.964. The summed E-state index contributed by atoms with van der Waals surface area (Å²) >= 11 is 0. The van der Waals surface area contributed by atoms with Crippen molar-refractivity contribution in [1.82, 2.24) is 0 Å². The second-order valence-electron chi connectivity index (χ2n) is 2.61. The highest BCUT2D eigenvalue weighted by atomic mass is 16.1. The highest BCUT2D eigenvalue weighted by Gasteiger charge is 2.00. The minimum Gasteiger partial charge on any atom is -0.325 e. The molecule has 0 bridgehead atoms. The summed E-state index contributed by atoms with van der Waals surface area (Å²) in [6, 6.07) is 8.67. The van der Waals surface area contributed by atoms with Crippen LogP contribution >= 0.6 is 0 Å². The van der Waals surface area contributed by atoms with Crippen LogP contribution in [0.3, 0.4) is 0 Å². The number of benzene rings is 1. The Morgan fingerprint density at radius 2 is 2.36 bits per heavy atom. The van der Waals surface area contributed by atoms with E-state index < -0.39 is 0 Å². The molecule has 1 N–H and O–H groups in total. The van der Waals surface area contributed by atoms with E-state index in [2.05, 4.69) is 11.2 Å². The molecule has 0 aliphatic heterocycles. The summed E-state index contributed by atoms with van der Waals surface area (Å²) < 4.78 is 0. The van der Waals surface area contributed by atoms with Gasteiger partial charge in [-0.25, -0.2) is 0 Å². The monoisotopic (exact) mass is 184 g/mol. The van der Waals surface area contributed by atoms with Crippen LogP contribution in [0.5, 0.6) is 0 Å². The van der Waals surface area contributed by atoms with Crippen molar-refractivity contribution in [2.45, 2.75) is 6.42 Å². The third-order valence-corrected chi connectivity index (χ3v) is 1.55. The molecule has 14 heavy (non-hydrogen) atoms. The summed E-state index contributed by atoms with van der Waals surface area (Å²) in [6.45, 7) is 0. The Labute approximate surface area is 82.4 Å². The van der Waals surface area contributed by atoms with Gasteiger partial charge in [0.25, 0.3) is 0 Å². The predicted octanol–water partition coefficient (Wildman–Crippen LogP) is 1.52. The molecular formula is C11H8N2O. The Bertz CT molecular complexity index is 424. The Morgan fingerprint density at radius 1 is 1.57 bits per heavy atom. The molecule has 0 saturated carbocycles. The van der Waals surface area contributed by atoms with E-state index in [0.717, 1.165) is 0 Å². The first-order chi connectivity index (χ1) is 6.76. The number of rotatable bonds is 2. The van der Waals surface area contributed by atoms with Crippen LogP contribution in [0.1, 0.15) is 12.0 Å². The van der Waals surface area contributed by atoms with E-state index in [1.165, 1.54) is 0 Å². The Kier molecular flexibility index (Phi) is 3.29. The summed E-state index contributed by atoms with van der Waals surface area (Å²) in [6.07, 6.45) is 5.04. The van der Waals surface area contributed by atoms with Gasteiger partial charge in [-0.2, -0.15) is 5.26 Å². The van der Waals surface area contributed by atoms with Gasteiger partial charge in [-0.15, -0.1) is 6.42 Å². The number of nitrogens with zero attached hydrogens (tertiary/aromatic N) is 1. The average Bonchev–Trinajstić information content (AvgIpc) is 2.18. The maximum atomic E-state index is 11.0. The molecule has 1 amide bonds. The predicted molar refractivity (Wildman–Crippen MR) is 53.2 cm³/mol. The second kappa shape index (κ2) is 4.69. The average molecular weight is 184 g/mol. The zero-order chi connectivity index (χ0) is 10.4. The summed E-state index contributed by atoms with van der Waals surface area (Å²) in [7, 11) is 0. The second-order valence-corrected chi connectivity index (χ2v) is 2.61. The van der Waals surface area contributed by atoms with Crippen molar-refractivity contribution < 1.29 is 4.79 Å². The number of terminal acetylenes is 1.